The van der Waals surface area contributed by atoms with E-state index in [1.165, 1.54) is 12.8 Å². The molecule has 1 heterocycles. The lowest BCUT2D eigenvalue weighted by molar-refractivity contribution is 0.0941. The third-order valence-corrected chi connectivity index (χ3v) is 3.57. The van der Waals surface area contributed by atoms with Crippen molar-refractivity contribution in [2.75, 3.05) is 0 Å². The highest BCUT2D eigenvalue weighted by Crippen LogP contribution is 2.41. The fourth-order valence-electron chi connectivity index (χ4n) is 2.44. The number of hydrogen-bond acceptors (Lipinski definition) is 2. The van der Waals surface area contributed by atoms with E-state index in [1.54, 1.807) is 11.5 Å². The standard InChI is InChI=1S/C14H16N2O.ClH/c1-9(17)16-8-12(14(15)10-6-7-10)11-4-2-3-5-13(11)16;/h2-5,8,10,14H,6-7,15H2,1H3;1H/t14-;/m1./s1. The predicted octanol–water partition coefficient (Wildman–Crippen LogP) is 3.13. The molecule has 1 aromatic heterocycles. The molecule has 0 amide bonds. The van der Waals surface area contributed by atoms with Gasteiger partial charge in [-0.05, 0) is 30.4 Å². The molecule has 1 saturated carbocycles. The summed E-state index contributed by atoms with van der Waals surface area (Å²) in [4.78, 5) is 11.6. The monoisotopic (exact) mass is 264 g/mol. The van der Waals surface area contributed by atoms with Crippen LogP contribution in [0.4, 0.5) is 0 Å². The second-order valence-corrected chi connectivity index (χ2v) is 4.85. The minimum absolute atomic E-state index is 0. The first-order chi connectivity index (χ1) is 8.18. The van der Waals surface area contributed by atoms with Crippen molar-refractivity contribution in [3.63, 3.8) is 0 Å². The fourth-order valence-corrected chi connectivity index (χ4v) is 2.44. The first-order valence-corrected chi connectivity index (χ1v) is 6.05. The van der Waals surface area contributed by atoms with Crippen LogP contribution in [0, 0.1) is 5.92 Å². The highest BCUT2D eigenvalue weighted by molar-refractivity contribution is 5.93. The van der Waals surface area contributed by atoms with Crippen molar-refractivity contribution < 1.29 is 4.79 Å². The van der Waals surface area contributed by atoms with E-state index in [0.717, 1.165) is 16.5 Å². The number of nitrogens with two attached hydrogens (primary N) is 1. The van der Waals surface area contributed by atoms with Gasteiger partial charge in [-0.1, -0.05) is 18.2 Å². The van der Waals surface area contributed by atoms with Gasteiger partial charge in [0.05, 0.1) is 5.52 Å². The van der Waals surface area contributed by atoms with Crippen LogP contribution >= 0.6 is 12.4 Å². The summed E-state index contributed by atoms with van der Waals surface area (Å²) in [6.07, 6.45) is 4.33. The Balaban J connectivity index is 0.00000120. The highest BCUT2D eigenvalue weighted by atomic mass is 35.5. The number of para-hydroxylation sites is 1. The Morgan fingerprint density at radius 2 is 2.06 bits per heavy atom. The van der Waals surface area contributed by atoms with Crippen LogP contribution in [0.1, 0.15) is 36.2 Å². The molecule has 18 heavy (non-hydrogen) atoms. The molecule has 0 unspecified atom stereocenters. The van der Waals surface area contributed by atoms with Crippen LogP contribution in [0.2, 0.25) is 0 Å². The van der Waals surface area contributed by atoms with Crippen LogP contribution in [0.25, 0.3) is 10.9 Å². The Morgan fingerprint density at radius 1 is 1.39 bits per heavy atom. The molecule has 3 nitrogen and oxygen atoms in total. The Hall–Kier alpha value is -1.32. The van der Waals surface area contributed by atoms with Gasteiger partial charge in [-0.2, -0.15) is 0 Å². The van der Waals surface area contributed by atoms with E-state index in [9.17, 15) is 4.79 Å². The van der Waals surface area contributed by atoms with Crippen LogP contribution < -0.4 is 5.73 Å². The minimum Gasteiger partial charge on any atom is -0.324 e. The zero-order valence-corrected chi connectivity index (χ0v) is 11.1. The SMILES string of the molecule is CC(=O)n1cc([C@H](N)C2CC2)c2ccccc21.Cl. The molecule has 0 bridgehead atoms. The van der Waals surface area contributed by atoms with Gasteiger partial charge in [-0.15, -0.1) is 12.4 Å². The van der Waals surface area contributed by atoms with Crippen LogP contribution in [0.5, 0.6) is 0 Å². The van der Waals surface area contributed by atoms with E-state index in [1.807, 2.05) is 30.5 Å². The smallest absolute Gasteiger partial charge is 0.227 e. The predicted molar refractivity (Wildman–Crippen MR) is 75.1 cm³/mol. The molecule has 0 aliphatic heterocycles. The van der Waals surface area contributed by atoms with E-state index in [4.69, 9.17) is 5.73 Å². The Bertz CT molecular complexity index is 586. The zero-order valence-electron chi connectivity index (χ0n) is 10.3. The third-order valence-electron chi connectivity index (χ3n) is 3.57. The Kier molecular flexibility index (Phi) is 3.46. The normalized spacial score (nSPS) is 16.3. The topological polar surface area (TPSA) is 48.0 Å². The van der Waals surface area contributed by atoms with Gasteiger partial charge < -0.3 is 5.73 Å². The van der Waals surface area contributed by atoms with Crippen molar-refractivity contribution >= 4 is 29.2 Å². The molecule has 0 saturated heterocycles. The van der Waals surface area contributed by atoms with Gasteiger partial charge in [-0.3, -0.25) is 9.36 Å². The highest BCUT2D eigenvalue weighted by Gasteiger charge is 2.31. The van der Waals surface area contributed by atoms with Crippen LogP contribution in [0.3, 0.4) is 0 Å². The summed E-state index contributed by atoms with van der Waals surface area (Å²) >= 11 is 0. The number of nitrogens with zero attached hydrogens (tertiary/aromatic N) is 1. The van der Waals surface area contributed by atoms with Crippen molar-refractivity contribution in [2.24, 2.45) is 11.7 Å². The van der Waals surface area contributed by atoms with Crippen molar-refractivity contribution in [2.45, 2.75) is 25.8 Å². The molecule has 1 aromatic carbocycles. The molecule has 4 heteroatoms. The molecular weight excluding hydrogens is 248 g/mol. The molecule has 0 radical (unpaired) electrons. The summed E-state index contributed by atoms with van der Waals surface area (Å²) in [5, 5.41) is 1.11. The molecule has 0 spiro atoms. The van der Waals surface area contributed by atoms with Crippen molar-refractivity contribution in [1.29, 1.82) is 0 Å². The van der Waals surface area contributed by atoms with Gasteiger partial charge in [0.15, 0.2) is 0 Å². The van der Waals surface area contributed by atoms with Gasteiger partial charge in [0.2, 0.25) is 5.91 Å². The summed E-state index contributed by atoms with van der Waals surface area (Å²) in [5.41, 5.74) is 8.33. The maximum atomic E-state index is 11.6. The lowest BCUT2D eigenvalue weighted by atomic mass is 10.0. The average molecular weight is 265 g/mol. The maximum Gasteiger partial charge on any atom is 0.227 e. The molecule has 2 N–H and O–H groups in total. The van der Waals surface area contributed by atoms with E-state index in [0.29, 0.717) is 5.92 Å². The molecule has 96 valence electrons. The van der Waals surface area contributed by atoms with Crippen molar-refractivity contribution in [3.05, 3.63) is 36.0 Å². The summed E-state index contributed by atoms with van der Waals surface area (Å²) in [6, 6.07) is 8.04. The number of rotatable bonds is 2. The summed E-state index contributed by atoms with van der Waals surface area (Å²) in [7, 11) is 0. The minimum atomic E-state index is 0. The maximum absolute atomic E-state index is 11.6. The number of carbonyl (C=O) groups is 1. The lowest BCUT2D eigenvalue weighted by Gasteiger charge is -2.08. The second kappa shape index (κ2) is 4.75. The van der Waals surface area contributed by atoms with E-state index >= 15 is 0 Å². The Morgan fingerprint density at radius 3 is 2.67 bits per heavy atom. The van der Waals surface area contributed by atoms with Crippen molar-refractivity contribution in [3.8, 4) is 0 Å². The number of hydrogen-bond donors (Lipinski definition) is 1. The quantitative estimate of drug-likeness (QED) is 0.906. The molecule has 1 atom stereocenters. The zero-order chi connectivity index (χ0) is 12.0. The van der Waals surface area contributed by atoms with Crippen molar-refractivity contribution in [1.82, 2.24) is 4.57 Å². The van der Waals surface area contributed by atoms with Gasteiger partial charge in [-0.25, -0.2) is 0 Å². The number of benzene rings is 1. The third kappa shape index (κ3) is 2.04. The van der Waals surface area contributed by atoms with Crippen LogP contribution in [-0.4, -0.2) is 10.5 Å². The molecule has 1 aliphatic carbocycles. The number of fused-ring (bicyclic) bond motifs is 1. The second-order valence-electron chi connectivity index (χ2n) is 4.85. The number of aromatic nitrogens is 1. The van der Waals surface area contributed by atoms with Crippen LogP contribution in [0.15, 0.2) is 30.5 Å². The molecule has 3 rings (SSSR count). The van der Waals surface area contributed by atoms with Gasteiger partial charge in [0.1, 0.15) is 0 Å². The van der Waals surface area contributed by atoms with E-state index in [2.05, 4.69) is 0 Å². The molecule has 1 aliphatic rings. The Labute approximate surface area is 112 Å². The van der Waals surface area contributed by atoms with Crippen LogP contribution in [-0.2, 0) is 0 Å². The number of carbonyl (C=O) groups excluding carboxylic acids is 1. The average Bonchev–Trinajstić information content (AvgIpc) is 3.08. The summed E-state index contributed by atoms with van der Waals surface area (Å²) in [5.74, 6) is 0.636. The summed E-state index contributed by atoms with van der Waals surface area (Å²) < 4.78 is 1.70. The van der Waals surface area contributed by atoms with Gasteiger partial charge in [0, 0.05) is 24.5 Å². The first-order valence-electron chi connectivity index (χ1n) is 6.05. The lowest BCUT2D eigenvalue weighted by Crippen LogP contribution is -2.12. The molecular formula is C14H17ClN2O. The molecule has 1 fully saturated rings. The van der Waals surface area contributed by atoms with E-state index in [-0.39, 0.29) is 24.4 Å². The van der Waals surface area contributed by atoms with Gasteiger partial charge >= 0.3 is 0 Å². The fraction of sp³-hybridized carbons (Fsp3) is 0.357. The summed E-state index contributed by atoms with van der Waals surface area (Å²) in [6.45, 7) is 1.58. The largest absolute Gasteiger partial charge is 0.324 e. The number of halogens is 1. The first kappa shape index (κ1) is 13.1. The molecule has 2 aromatic rings. The van der Waals surface area contributed by atoms with Gasteiger partial charge in [0.25, 0.3) is 0 Å². The van der Waals surface area contributed by atoms with E-state index < -0.39 is 0 Å².